The average molecular weight is 642 g/mol. The molecule has 0 bridgehead atoms. The van der Waals surface area contributed by atoms with Crippen molar-refractivity contribution in [1.29, 1.82) is 0 Å². The number of aromatic hydroxyl groups is 1. The van der Waals surface area contributed by atoms with Crippen LogP contribution >= 0.6 is 15.9 Å². The number of hydrogen-bond donors (Lipinski definition) is 1. The molecule has 1 fully saturated rings. The van der Waals surface area contributed by atoms with Crippen LogP contribution in [0.25, 0.3) is 0 Å². The zero-order valence-corrected chi connectivity index (χ0v) is 23.7. The Labute approximate surface area is 246 Å². The number of alkyl halides is 3. The van der Waals surface area contributed by atoms with Crippen molar-refractivity contribution in [2.75, 3.05) is 4.90 Å². The van der Waals surface area contributed by atoms with Gasteiger partial charge in [0.05, 0.1) is 22.0 Å². The van der Waals surface area contributed by atoms with E-state index in [4.69, 9.17) is 0 Å². The van der Waals surface area contributed by atoms with Gasteiger partial charge in [0, 0.05) is 28.7 Å². The van der Waals surface area contributed by atoms with Gasteiger partial charge in [0.15, 0.2) is 11.6 Å². The van der Waals surface area contributed by atoms with Gasteiger partial charge in [-0.25, -0.2) is 0 Å². The highest BCUT2D eigenvalue weighted by Gasteiger charge is 2.57. The van der Waals surface area contributed by atoms with E-state index >= 15 is 0 Å². The summed E-state index contributed by atoms with van der Waals surface area (Å²) in [5.74, 6) is -6.34. The van der Waals surface area contributed by atoms with Gasteiger partial charge in [-0.3, -0.25) is 24.1 Å². The lowest BCUT2D eigenvalue weighted by Gasteiger charge is -2.42. The summed E-state index contributed by atoms with van der Waals surface area (Å²) in [5.41, 5.74) is 1.99. The summed E-state index contributed by atoms with van der Waals surface area (Å²) >= 11 is 3.13. The number of carbonyl (C=O) groups excluding carboxylic acids is 4. The van der Waals surface area contributed by atoms with Crippen molar-refractivity contribution in [3.05, 3.63) is 86.9 Å². The number of phenols is 1. The fraction of sp³-hybridized carbons (Fsp3) is 0.290. The van der Waals surface area contributed by atoms with Crippen LogP contribution in [0.2, 0.25) is 0 Å². The van der Waals surface area contributed by atoms with Crippen LogP contribution in [0.1, 0.15) is 36.8 Å². The number of anilines is 1. The summed E-state index contributed by atoms with van der Waals surface area (Å²) in [7, 11) is 0. The highest BCUT2D eigenvalue weighted by molar-refractivity contribution is 9.12. The number of aryl methyl sites for hydroxylation is 1. The lowest BCUT2D eigenvalue weighted by atomic mass is 9.59. The average Bonchev–Trinajstić information content (AvgIpc) is 3.20. The number of rotatable bonds is 4. The lowest BCUT2D eigenvalue weighted by Crippen LogP contribution is -2.39. The Bertz CT molecular complexity index is 1660. The Balaban J connectivity index is 1.48. The molecular formula is C31H23BrF3NO6. The van der Waals surface area contributed by atoms with Crippen molar-refractivity contribution in [3.8, 4) is 11.5 Å². The highest BCUT2D eigenvalue weighted by atomic mass is 79.9. The number of nitrogens with zero attached hydrogens (tertiary/aromatic N) is 1. The topological polar surface area (TPSA) is 101 Å². The van der Waals surface area contributed by atoms with E-state index in [1.54, 1.807) is 18.2 Å². The minimum Gasteiger partial charge on any atom is -0.508 e. The molecule has 4 atom stereocenters. The number of fused-ring (bicyclic) bond motifs is 3. The number of phenolic OH excluding ortho intramolecular Hbond substituents is 1. The fourth-order valence-corrected chi connectivity index (χ4v) is 7.11. The van der Waals surface area contributed by atoms with Gasteiger partial charge in [0.2, 0.25) is 11.8 Å². The molecule has 7 nitrogen and oxygen atoms in total. The molecular weight excluding hydrogens is 619 g/mol. The maximum absolute atomic E-state index is 13.9. The van der Waals surface area contributed by atoms with E-state index in [-0.39, 0.29) is 39.9 Å². The van der Waals surface area contributed by atoms with Gasteiger partial charge in [-0.05, 0) is 77.0 Å². The number of Topliss-reactive ketones (excluding diaryl/α,β-unsaturated/α-hetero) is 1. The van der Waals surface area contributed by atoms with Gasteiger partial charge in [-0.2, -0.15) is 0 Å². The van der Waals surface area contributed by atoms with Crippen molar-refractivity contribution >= 4 is 45.0 Å². The third-order valence-electron chi connectivity index (χ3n) is 8.48. The quantitative estimate of drug-likeness (QED) is 0.257. The van der Waals surface area contributed by atoms with Gasteiger partial charge in [-0.1, -0.05) is 30.7 Å². The maximum Gasteiger partial charge on any atom is 0.573 e. The van der Waals surface area contributed by atoms with Crippen LogP contribution < -0.4 is 9.64 Å². The summed E-state index contributed by atoms with van der Waals surface area (Å²) in [6, 6.07) is 10.0. The summed E-state index contributed by atoms with van der Waals surface area (Å²) in [6.45, 7) is 1.99. The predicted octanol–water partition coefficient (Wildman–Crippen LogP) is 5.82. The second kappa shape index (κ2) is 10.1. The van der Waals surface area contributed by atoms with Crippen LogP contribution in [0.3, 0.4) is 0 Å². The highest BCUT2D eigenvalue weighted by Crippen LogP contribution is 2.57. The number of imide groups is 1. The number of halogens is 4. The van der Waals surface area contributed by atoms with Crippen molar-refractivity contribution in [2.24, 2.45) is 17.8 Å². The summed E-state index contributed by atoms with van der Waals surface area (Å²) < 4.78 is 43.3. The number of carbonyl (C=O) groups is 4. The van der Waals surface area contributed by atoms with E-state index in [0.29, 0.717) is 11.3 Å². The largest absolute Gasteiger partial charge is 0.573 e. The molecule has 11 heteroatoms. The molecule has 1 saturated heterocycles. The molecule has 0 aromatic heterocycles. The summed E-state index contributed by atoms with van der Waals surface area (Å²) in [6.07, 6.45) is -1.29. The Hall–Kier alpha value is -3.99. The monoisotopic (exact) mass is 641 g/mol. The second-order valence-electron chi connectivity index (χ2n) is 10.7. The molecule has 216 valence electrons. The SMILES string of the molecule is CCc1ccc(N2C(=O)C3CC=C4C(c5cc(OC(F)(F)F)ccc5O)C5=C(CC4C3C2=O)C(=O)C(Br)=CC5=O)cc1. The van der Waals surface area contributed by atoms with Crippen molar-refractivity contribution in [2.45, 2.75) is 38.5 Å². The van der Waals surface area contributed by atoms with Crippen molar-refractivity contribution in [1.82, 2.24) is 0 Å². The normalized spacial score (nSPS) is 25.6. The van der Waals surface area contributed by atoms with Crippen LogP contribution in [-0.4, -0.2) is 34.8 Å². The standard InChI is InChI=1S/C31H23BrF3NO6/c1-2-14-3-5-15(6-4-14)36-29(40)18-9-8-17-19(26(18)30(36)41)12-21-27(24(38)13-22(32)28(21)39)25(17)20-11-16(7-10-23(20)37)42-31(33,34)35/h3-8,10-11,13,18-19,25-26,37H,2,9,12H2,1H3. The summed E-state index contributed by atoms with van der Waals surface area (Å²) in [5, 5.41) is 10.8. The molecule has 2 aromatic rings. The number of amides is 2. The molecule has 6 rings (SSSR count). The third-order valence-corrected chi connectivity index (χ3v) is 9.07. The summed E-state index contributed by atoms with van der Waals surface area (Å²) in [4.78, 5) is 55.4. The fourth-order valence-electron chi connectivity index (χ4n) is 6.66. The molecule has 0 saturated carbocycles. The number of ether oxygens (including phenoxy) is 1. The Morgan fingerprint density at radius 2 is 1.74 bits per heavy atom. The number of ketones is 2. The molecule has 2 amide bonds. The van der Waals surface area contributed by atoms with E-state index in [1.165, 1.54) is 0 Å². The van der Waals surface area contributed by atoms with Crippen LogP contribution in [0.15, 0.2) is 75.8 Å². The minimum atomic E-state index is -5.01. The van der Waals surface area contributed by atoms with E-state index in [0.717, 1.165) is 41.2 Å². The van der Waals surface area contributed by atoms with Gasteiger partial charge in [0.1, 0.15) is 11.5 Å². The first kappa shape index (κ1) is 28.1. The Kier molecular flexibility index (Phi) is 6.75. The van der Waals surface area contributed by atoms with Crippen LogP contribution in [0.4, 0.5) is 18.9 Å². The first-order valence-corrected chi connectivity index (χ1v) is 14.1. The Morgan fingerprint density at radius 1 is 1.02 bits per heavy atom. The molecule has 1 aliphatic heterocycles. The smallest absolute Gasteiger partial charge is 0.508 e. The number of hydrogen-bond acceptors (Lipinski definition) is 6. The molecule has 0 radical (unpaired) electrons. The van der Waals surface area contributed by atoms with Gasteiger partial charge in [0.25, 0.3) is 0 Å². The third kappa shape index (κ3) is 4.50. The molecule has 1 heterocycles. The van der Waals surface area contributed by atoms with Crippen LogP contribution in [0, 0.1) is 17.8 Å². The molecule has 2 aromatic carbocycles. The molecule has 4 unspecified atom stereocenters. The van der Waals surface area contributed by atoms with Crippen molar-refractivity contribution in [3.63, 3.8) is 0 Å². The number of allylic oxidation sites excluding steroid dienone is 6. The molecule has 42 heavy (non-hydrogen) atoms. The van der Waals surface area contributed by atoms with Gasteiger partial charge < -0.3 is 9.84 Å². The zero-order valence-electron chi connectivity index (χ0n) is 22.1. The molecule has 3 aliphatic carbocycles. The second-order valence-corrected chi connectivity index (χ2v) is 11.5. The van der Waals surface area contributed by atoms with E-state index in [2.05, 4.69) is 20.7 Å². The Morgan fingerprint density at radius 3 is 2.40 bits per heavy atom. The van der Waals surface area contributed by atoms with E-state index < -0.39 is 59.0 Å². The van der Waals surface area contributed by atoms with Gasteiger partial charge >= 0.3 is 6.36 Å². The lowest BCUT2D eigenvalue weighted by molar-refractivity contribution is -0.274. The minimum absolute atomic E-state index is 0.00892. The van der Waals surface area contributed by atoms with Crippen LogP contribution in [-0.2, 0) is 25.6 Å². The maximum atomic E-state index is 13.9. The van der Waals surface area contributed by atoms with Crippen molar-refractivity contribution < 1.29 is 42.2 Å². The van der Waals surface area contributed by atoms with E-state index in [1.807, 2.05) is 19.1 Å². The zero-order chi connectivity index (χ0) is 30.1. The first-order chi connectivity index (χ1) is 19.9. The van der Waals surface area contributed by atoms with Crippen LogP contribution in [0.5, 0.6) is 11.5 Å². The number of benzene rings is 2. The molecule has 4 aliphatic rings. The van der Waals surface area contributed by atoms with E-state index in [9.17, 15) is 37.5 Å². The first-order valence-electron chi connectivity index (χ1n) is 13.3. The molecule has 1 N–H and O–H groups in total. The molecule has 0 spiro atoms. The van der Waals surface area contributed by atoms with Gasteiger partial charge in [-0.15, -0.1) is 13.2 Å². The predicted molar refractivity (Wildman–Crippen MR) is 148 cm³/mol.